The number of carbonyl (C=O) groups excluding carboxylic acids is 3. The number of amides is 3. The second-order valence-corrected chi connectivity index (χ2v) is 12.9. The number of carbonyl (C=O) groups is 3. The van der Waals surface area contributed by atoms with E-state index in [9.17, 15) is 19.5 Å². The number of phenols is 1. The fourth-order valence-electron chi connectivity index (χ4n) is 4.86. The number of rotatable bonds is 8. The van der Waals surface area contributed by atoms with Gasteiger partial charge in [0.15, 0.2) is 0 Å². The molecule has 0 bridgehead atoms. The first kappa shape index (κ1) is 32.4. The molecular formula is C34H45N3O5. The SMILES string of the molecule is CCC(C)C(NC(=O)OC(C)(C)C)C(=O)N(C(C(=O)Nc1ccc2ccccc2c1)c1ccc(O)c(C)c1)C(C)(C)C. The van der Waals surface area contributed by atoms with Crippen molar-refractivity contribution in [1.82, 2.24) is 10.2 Å². The van der Waals surface area contributed by atoms with E-state index in [0.29, 0.717) is 23.2 Å². The van der Waals surface area contributed by atoms with E-state index >= 15 is 0 Å². The Kier molecular flexibility index (Phi) is 9.92. The average molecular weight is 576 g/mol. The quantitative estimate of drug-likeness (QED) is 0.266. The van der Waals surface area contributed by atoms with Gasteiger partial charge in [-0.3, -0.25) is 9.59 Å². The first-order valence-corrected chi connectivity index (χ1v) is 14.4. The van der Waals surface area contributed by atoms with Gasteiger partial charge in [0.25, 0.3) is 5.91 Å². The van der Waals surface area contributed by atoms with Crippen LogP contribution < -0.4 is 10.6 Å². The lowest BCUT2D eigenvalue weighted by molar-refractivity contribution is -0.147. The molecule has 0 fully saturated rings. The Morgan fingerprint density at radius 3 is 2.14 bits per heavy atom. The van der Waals surface area contributed by atoms with Gasteiger partial charge >= 0.3 is 6.09 Å². The number of benzene rings is 3. The molecule has 3 aromatic carbocycles. The highest BCUT2D eigenvalue weighted by atomic mass is 16.6. The third-order valence-electron chi connectivity index (χ3n) is 7.17. The lowest BCUT2D eigenvalue weighted by Gasteiger charge is -2.44. The number of anilines is 1. The van der Waals surface area contributed by atoms with E-state index in [-0.39, 0.29) is 11.7 Å². The normalized spacial score (nSPS) is 14.0. The summed E-state index contributed by atoms with van der Waals surface area (Å²) in [6.45, 7) is 16.4. The molecule has 3 amide bonds. The first-order chi connectivity index (χ1) is 19.5. The van der Waals surface area contributed by atoms with Gasteiger partial charge in [-0.2, -0.15) is 0 Å². The summed E-state index contributed by atoms with van der Waals surface area (Å²) in [5.41, 5.74) is 0.110. The molecule has 0 heterocycles. The van der Waals surface area contributed by atoms with Gasteiger partial charge < -0.3 is 25.4 Å². The summed E-state index contributed by atoms with van der Waals surface area (Å²) >= 11 is 0. The van der Waals surface area contributed by atoms with Crippen molar-refractivity contribution >= 4 is 34.4 Å². The summed E-state index contributed by atoms with van der Waals surface area (Å²) in [6.07, 6.45) is -0.0937. The zero-order valence-electron chi connectivity index (χ0n) is 26.2. The zero-order chi connectivity index (χ0) is 31.4. The van der Waals surface area contributed by atoms with Crippen LogP contribution in [-0.2, 0) is 14.3 Å². The van der Waals surface area contributed by atoms with Crippen LogP contribution in [0.15, 0.2) is 60.7 Å². The van der Waals surface area contributed by atoms with Crippen molar-refractivity contribution in [2.24, 2.45) is 5.92 Å². The Hall–Kier alpha value is -4.07. The van der Waals surface area contributed by atoms with Crippen molar-refractivity contribution in [3.05, 3.63) is 71.8 Å². The Labute approximate surface area is 249 Å². The van der Waals surface area contributed by atoms with E-state index in [0.717, 1.165) is 10.8 Å². The number of aryl methyl sites for hydroxylation is 1. The number of ether oxygens (including phenoxy) is 1. The minimum atomic E-state index is -1.07. The molecule has 0 saturated carbocycles. The topological polar surface area (TPSA) is 108 Å². The molecule has 0 radical (unpaired) electrons. The maximum absolute atomic E-state index is 14.5. The van der Waals surface area contributed by atoms with E-state index in [1.54, 1.807) is 39.8 Å². The molecule has 8 nitrogen and oxygen atoms in total. The van der Waals surface area contributed by atoms with Gasteiger partial charge in [0.1, 0.15) is 23.4 Å². The maximum Gasteiger partial charge on any atom is 0.408 e. The van der Waals surface area contributed by atoms with E-state index in [1.807, 2.05) is 77.1 Å². The summed E-state index contributed by atoms with van der Waals surface area (Å²) in [7, 11) is 0. The lowest BCUT2D eigenvalue weighted by atomic mass is 9.91. The first-order valence-electron chi connectivity index (χ1n) is 14.4. The fourth-order valence-corrected chi connectivity index (χ4v) is 4.86. The van der Waals surface area contributed by atoms with Crippen LogP contribution in [0.1, 0.15) is 79.0 Å². The molecule has 3 rings (SSSR count). The second-order valence-electron chi connectivity index (χ2n) is 12.9. The maximum atomic E-state index is 14.5. The molecule has 42 heavy (non-hydrogen) atoms. The van der Waals surface area contributed by atoms with Crippen molar-refractivity contribution < 1.29 is 24.2 Å². The van der Waals surface area contributed by atoms with Crippen LogP contribution in [0.5, 0.6) is 5.75 Å². The average Bonchev–Trinajstić information content (AvgIpc) is 2.89. The summed E-state index contributed by atoms with van der Waals surface area (Å²) in [5.74, 6) is -0.989. The van der Waals surface area contributed by atoms with Crippen LogP contribution in [0.25, 0.3) is 10.8 Å². The number of aromatic hydroxyl groups is 1. The number of nitrogens with one attached hydrogen (secondary N) is 2. The van der Waals surface area contributed by atoms with Gasteiger partial charge in [-0.15, -0.1) is 0 Å². The second kappa shape index (κ2) is 12.8. The molecule has 3 unspecified atom stereocenters. The highest BCUT2D eigenvalue weighted by Gasteiger charge is 2.43. The Morgan fingerprint density at radius 1 is 0.929 bits per heavy atom. The van der Waals surface area contributed by atoms with E-state index in [1.165, 1.54) is 11.0 Å². The molecule has 0 aliphatic heterocycles. The number of hydrogen-bond donors (Lipinski definition) is 3. The lowest BCUT2D eigenvalue weighted by Crippen LogP contribution is -2.59. The number of hydrogen-bond acceptors (Lipinski definition) is 5. The summed E-state index contributed by atoms with van der Waals surface area (Å²) < 4.78 is 5.49. The molecule has 3 N–H and O–H groups in total. The van der Waals surface area contributed by atoms with Gasteiger partial charge in [-0.05, 0) is 101 Å². The van der Waals surface area contributed by atoms with Gasteiger partial charge in [-0.1, -0.05) is 56.7 Å². The smallest absolute Gasteiger partial charge is 0.408 e. The number of phenolic OH excluding ortho intramolecular Hbond substituents is 1. The number of alkyl carbamates (subject to hydrolysis) is 1. The van der Waals surface area contributed by atoms with Gasteiger partial charge in [0.2, 0.25) is 5.91 Å². The third-order valence-corrected chi connectivity index (χ3v) is 7.17. The van der Waals surface area contributed by atoms with Crippen LogP contribution in [0.2, 0.25) is 0 Å². The van der Waals surface area contributed by atoms with Crippen molar-refractivity contribution in [3.63, 3.8) is 0 Å². The van der Waals surface area contributed by atoms with Crippen molar-refractivity contribution in [2.45, 2.75) is 92.0 Å². The molecule has 0 aromatic heterocycles. The highest BCUT2D eigenvalue weighted by Crippen LogP contribution is 2.34. The minimum absolute atomic E-state index is 0.0881. The molecule has 0 spiro atoms. The molecule has 0 aliphatic carbocycles. The number of nitrogens with zero attached hydrogens (tertiary/aromatic N) is 1. The third kappa shape index (κ3) is 8.02. The monoisotopic (exact) mass is 575 g/mol. The molecule has 3 atom stereocenters. The Morgan fingerprint density at radius 2 is 1.57 bits per heavy atom. The van der Waals surface area contributed by atoms with Crippen LogP contribution in [0.3, 0.4) is 0 Å². The van der Waals surface area contributed by atoms with Crippen molar-refractivity contribution in [3.8, 4) is 5.75 Å². The standard InChI is InChI=1S/C34H45N3O5/c1-10-21(2)28(36-32(41)42-34(7,8)9)31(40)37(33(4,5)6)29(25-16-18-27(38)22(3)19-25)30(39)35-26-17-15-23-13-11-12-14-24(23)20-26/h11-21,28-29,38H,10H2,1-9H3,(H,35,39)(H,36,41). The minimum Gasteiger partial charge on any atom is -0.508 e. The van der Waals surface area contributed by atoms with Crippen LogP contribution in [0.4, 0.5) is 10.5 Å². The van der Waals surface area contributed by atoms with Crippen LogP contribution in [-0.4, -0.2) is 45.1 Å². The Bertz CT molecular complexity index is 1440. The van der Waals surface area contributed by atoms with Crippen molar-refractivity contribution in [1.29, 1.82) is 0 Å². The predicted molar refractivity (Wildman–Crippen MR) is 167 cm³/mol. The zero-order valence-corrected chi connectivity index (χ0v) is 26.2. The molecule has 0 aliphatic rings. The summed E-state index contributed by atoms with van der Waals surface area (Å²) in [6, 6.07) is 16.4. The molecule has 3 aromatic rings. The molecule has 0 saturated heterocycles. The highest BCUT2D eigenvalue weighted by molar-refractivity contribution is 6.00. The largest absolute Gasteiger partial charge is 0.508 e. The van der Waals surface area contributed by atoms with Gasteiger partial charge in [0.05, 0.1) is 0 Å². The molecule has 8 heteroatoms. The van der Waals surface area contributed by atoms with E-state index in [2.05, 4.69) is 10.6 Å². The molecular weight excluding hydrogens is 530 g/mol. The van der Waals surface area contributed by atoms with Crippen LogP contribution >= 0.6 is 0 Å². The number of fused-ring (bicyclic) bond motifs is 1. The van der Waals surface area contributed by atoms with Gasteiger partial charge in [0, 0.05) is 11.2 Å². The fraction of sp³-hybridized carbons (Fsp3) is 0.441. The Balaban J connectivity index is 2.11. The summed E-state index contributed by atoms with van der Waals surface area (Å²) in [5, 5.41) is 18.1. The van der Waals surface area contributed by atoms with Crippen LogP contribution in [0, 0.1) is 12.8 Å². The van der Waals surface area contributed by atoms with Crippen molar-refractivity contribution in [2.75, 3.05) is 5.32 Å². The van der Waals surface area contributed by atoms with Gasteiger partial charge in [-0.25, -0.2) is 4.79 Å². The van der Waals surface area contributed by atoms with E-state index in [4.69, 9.17) is 4.74 Å². The predicted octanol–water partition coefficient (Wildman–Crippen LogP) is 7.10. The molecule has 226 valence electrons. The summed E-state index contributed by atoms with van der Waals surface area (Å²) in [4.78, 5) is 43.1. The van der Waals surface area contributed by atoms with E-state index < -0.39 is 41.1 Å².